The third kappa shape index (κ3) is 2.02. The Bertz CT molecular complexity index is 1070. The van der Waals surface area contributed by atoms with Gasteiger partial charge < -0.3 is 14.5 Å². The van der Waals surface area contributed by atoms with Crippen molar-refractivity contribution in [3.63, 3.8) is 0 Å². The van der Waals surface area contributed by atoms with Gasteiger partial charge in [-0.05, 0) is 24.6 Å². The number of halogens is 1. The van der Waals surface area contributed by atoms with Gasteiger partial charge >= 0.3 is 0 Å². The van der Waals surface area contributed by atoms with Crippen LogP contribution in [-0.2, 0) is 0 Å². The third-order valence-corrected chi connectivity index (χ3v) is 4.41. The Labute approximate surface area is 138 Å². The van der Waals surface area contributed by atoms with Crippen molar-refractivity contribution in [1.82, 2.24) is 9.97 Å². The number of nitrogens with zero attached hydrogens (tertiary/aromatic N) is 1. The molecule has 4 aromatic rings. The molecule has 4 rings (SSSR count). The topological polar surface area (TPSA) is 47.1 Å². The van der Waals surface area contributed by atoms with Gasteiger partial charge in [-0.25, -0.2) is 4.98 Å². The SMILES string of the molecule is COc1cc(C)c2c(n1)c(OC)cc1[nH]c3cc(Cl)ccc3c12. The first-order chi connectivity index (χ1) is 11.1. The molecule has 4 nitrogen and oxygen atoms in total. The van der Waals surface area contributed by atoms with Gasteiger partial charge in [0.2, 0.25) is 5.88 Å². The fraction of sp³-hybridized carbons (Fsp3) is 0.167. The largest absolute Gasteiger partial charge is 0.494 e. The van der Waals surface area contributed by atoms with Crippen molar-refractivity contribution in [2.24, 2.45) is 0 Å². The summed E-state index contributed by atoms with van der Waals surface area (Å²) < 4.78 is 10.9. The standard InChI is InChI=1S/C18H15ClN2O2/c1-9-6-15(23-3)21-18-14(22-2)8-13-17(16(9)18)11-5-4-10(19)7-12(11)20-13/h4-8,20H,1-3H3. The van der Waals surface area contributed by atoms with Crippen LogP contribution in [0.15, 0.2) is 30.3 Å². The number of aromatic amines is 1. The predicted molar refractivity (Wildman–Crippen MR) is 94.0 cm³/mol. The minimum atomic E-state index is 0.579. The average Bonchev–Trinajstić information content (AvgIpc) is 2.90. The van der Waals surface area contributed by atoms with E-state index in [0.29, 0.717) is 16.7 Å². The molecule has 0 aliphatic heterocycles. The molecule has 0 amide bonds. The van der Waals surface area contributed by atoms with Gasteiger partial charge in [-0.15, -0.1) is 0 Å². The molecule has 0 bridgehead atoms. The zero-order valence-electron chi connectivity index (χ0n) is 13.0. The van der Waals surface area contributed by atoms with E-state index in [9.17, 15) is 0 Å². The van der Waals surface area contributed by atoms with E-state index in [2.05, 4.69) is 16.9 Å². The lowest BCUT2D eigenvalue weighted by Crippen LogP contribution is -1.94. The van der Waals surface area contributed by atoms with E-state index in [1.807, 2.05) is 30.3 Å². The first-order valence-electron chi connectivity index (χ1n) is 7.25. The Morgan fingerprint density at radius 3 is 2.57 bits per heavy atom. The number of hydrogen-bond acceptors (Lipinski definition) is 3. The van der Waals surface area contributed by atoms with Crippen molar-refractivity contribution in [2.45, 2.75) is 6.92 Å². The highest BCUT2D eigenvalue weighted by atomic mass is 35.5. The molecule has 0 saturated heterocycles. The summed E-state index contributed by atoms with van der Waals surface area (Å²) in [6, 6.07) is 9.78. The van der Waals surface area contributed by atoms with Crippen LogP contribution in [0.5, 0.6) is 11.6 Å². The van der Waals surface area contributed by atoms with Crippen molar-refractivity contribution in [3.05, 3.63) is 40.9 Å². The summed E-state index contributed by atoms with van der Waals surface area (Å²) in [5.74, 6) is 1.29. The quantitative estimate of drug-likeness (QED) is 0.573. The lowest BCUT2D eigenvalue weighted by atomic mass is 10.0. The van der Waals surface area contributed by atoms with Crippen LogP contribution in [-0.4, -0.2) is 24.2 Å². The van der Waals surface area contributed by atoms with E-state index >= 15 is 0 Å². The Morgan fingerprint density at radius 2 is 1.83 bits per heavy atom. The highest BCUT2D eigenvalue weighted by Gasteiger charge is 2.16. The number of rotatable bonds is 2. The maximum absolute atomic E-state index is 6.12. The van der Waals surface area contributed by atoms with Gasteiger partial charge in [0.1, 0.15) is 11.3 Å². The van der Waals surface area contributed by atoms with Gasteiger partial charge in [0.25, 0.3) is 0 Å². The van der Waals surface area contributed by atoms with Crippen molar-refractivity contribution >= 4 is 44.3 Å². The second kappa shape index (κ2) is 5.03. The highest BCUT2D eigenvalue weighted by Crippen LogP contribution is 2.39. The molecule has 2 aromatic carbocycles. The van der Waals surface area contributed by atoms with Crippen molar-refractivity contribution in [1.29, 1.82) is 0 Å². The summed E-state index contributed by atoms with van der Waals surface area (Å²) in [6.45, 7) is 2.06. The van der Waals surface area contributed by atoms with E-state index in [1.54, 1.807) is 14.2 Å². The monoisotopic (exact) mass is 326 g/mol. The third-order valence-electron chi connectivity index (χ3n) is 4.17. The molecule has 2 heterocycles. The van der Waals surface area contributed by atoms with Crippen LogP contribution in [0.25, 0.3) is 32.7 Å². The van der Waals surface area contributed by atoms with E-state index in [4.69, 9.17) is 21.1 Å². The molecule has 2 aromatic heterocycles. The van der Waals surface area contributed by atoms with Crippen LogP contribution in [0.3, 0.4) is 0 Å². The number of fused-ring (bicyclic) bond motifs is 5. The molecule has 0 atom stereocenters. The second-order valence-corrected chi connectivity index (χ2v) is 5.96. The molecule has 0 fully saturated rings. The van der Waals surface area contributed by atoms with Crippen LogP contribution in [0, 0.1) is 6.92 Å². The smallest absolute Gasteiger partial charge is 0.213 e. The molecule has 5 heteroatoms. The number of aromatic nitrogens is 2. The normalized spacial score (nSPS) is 11.5. The summed E-state index contributed by atoms with van der Waals surface area (Å²) in [5, 5.41) is 4.01. The maximum atomic E-state index is 6.12. The number of benzene rings is 2. The lowest BCUT2D eigenvalue weighted by molar-refractivity contribution is 0.396. The van der Waals surface area contributed by atoms with Gasteiger partial charge in [0, 0.05) is 38.8 Å². The lowest BCUT2D eigenvalue weighted by Gasteiger charge is -2.11. The van der Waals surface area contributed by atoms with Crippen LogP contribution in [0.4, 0.5) is 0 Å². The van der Waals surface area contributed by atoms with Gasteiger partial charge in [0.15, 0.2) is 0 Å². The highest BCUT2D eigenvalue weighted by molar-refractivity contribution is 6.32. The second-order valence-electron chi connectivity index (χ2n) is 5.52. The molecule has 0 aliphatic rings. The number of pyridine rings is 1. The van der Waals surface area contributed by atoms with Crippen molar-refractivity contribution in [2.75, 3.05) is 14.2 Å². The van der Waals surface area contributed by atoms with Gasteiger partial charge in [-0.3, -0.25) is 0 Å². The molecule has 0 unspecified atom stereocenters. The summed E-state index contributed by atoms with van der Waals surface area (Å²) in [7, 11) is 3.27. The summed E-state index contributed by atoms with van der Waals surface area (Å²) in [5.41, 5.74) is 3.89. The van der Waals surface area contributed by atoms with E-state index in [0.717, 1.165) is 38.3 Å². The van der Waals surface area contributed by atoms with Crippen LogP contribution in [0.1, 0.15) is 5.56 Å². The van der Waals surface area contributed by atoms with Gasteiger partial charge in [-0.1, -0.05) is 17.7 Å². The number of H-pyrrole nitrogens is 1. The molecule has 116 valence electrons. The maximum Gasteiger partial charge on any atom is 0.213 e. The van der Waals surface area contributed by atoms with Crippen molar-refractivity contribution < 1.29 is 9.47 Å². The minimum Gasteiger partial charge on any atom is -0.494 e. The zero-order chi connectivity index (χ0) is 16.1. The molecule has 1 N–H and O–H groups in total. The molecule has 23 heavy (non-hydrogen) atoms. The molecule has 0 aliphatic carbocycles. The van der Waals surface area contributed by atoms with Crippen molar-refractivity contribution in [3.8, 4) is 11.6 Å². The zero-order valence-corrected chi connectivity index (χ0v) is 13.8. The number of hydrogen-bond donors (Lipinski definition) is 1. The predicted octanol–water partition coefficient (Wildman–Crippen LogP) is 4.85. The summed E-state index contributed by atoms with van der Waals surface area (Å²) in [4.78, 5) is 8.01. The molecule has 0 saturated carbocycles. The fourth-order valence-electron chi connectivity index (χ4n) is 3.16. The number of nitrogens with one attached hydrogen (secondary N) is 1. The Balaban J connectivity index is 2.28. The molecule has 0 radical (unpaired) electrons. The van der Waals surface area contributed by atoms with E-state index < -0.39 is 0 Å². The first-order valence-corrected chi connectivity index (χ1v) is 7.63. The molecular formula is C18H15ClN2O2. The van der Waals surface area contributed by atoms with Crippen LogP contribution in [0.2, 0.25) is 5.02 Å². The van der Waals surface area contributed by atoms with Gasteiger partial charge in [-0.2, -0.15) is 0 Å². The minimum absolute atomic E-state index is 0.579. The first kappa shape index (κ1) is 14.2. The molecule has 0 spiro atoms. The Morgan fingerprint density at radius 1 is 1.00 bits per heavy atom. The van der Waals surface area contributed by atoms with Gasteiger partial charge in [0.05, 0.1) is 19.7 Å². The summed E-state index contributed by atoms with van der Waals surface area (Å²) in [6.07, 6.45) is 0. The van der Waals surface area contributed by atoms with Crippen LogP contribution < -0.4 is 9.47 Å². The fourth-order valence-corrected chi connectivity index (χ4v) is 3.34. The van der Waals surface area contributed by atoms with E-state index in [1.165, 1.54) is 0 Å². The molecular weight excluding hydrogens is 312 g/mol. The number of methoxy groups -OCH3 is 2. The van der Waals surface area contributed by atoms with E-state index in [-0.39, 0.29) is 0 Å². The number of aryl methyl sites for hydroxylation is 1. The average molecular weight is 327 g/mol. The summed E-state index contributed by atoms with van der Waals surface area (Å²) >= 11 is 6.12. The van der Waals surface area contributed by atoms with Crippen LogP contribution >= 0.6 is 11.6 Å². The number of ether oxygens (including phenoxy) is 2. The Kier molecular flexibility index (Phi) is 3.10. The Hall–Kier alpha value is -2.46.